The lowest BCUT2D eigenvalue weighted by Gasteiger charge is -2.60. The van der Waals surface area contributed by atoms with Crippen molar-refractivity contribution in [2.45, 2.75) is 95.6 Å². The maximum Gasteiger partial charge on any atom is 0.161 e. The van der Waals surface area contributed by atoms with Crippen LogP contribution in [0.5, 0.6) is 11.5 Å². The van der Waals surface area contributed by atoms with E-state index in [1.54, 1.807) is 6.07 Å². The zero-order valence-corrected chi connectivity index (χ0v) is 22.6. The van der Waals surface area contributed by atoms with Gasteiger partial charge < -0.3 is 15.3 Å². The standard InChI is InChI=1S/C32H42N2O3/c1-4-5-6-7-8-11-17-34-18-16-32(21-26-22(2)19-23-12-9-10-13-25(23)33-26)29-24(14-15-27(35)30(29)36)20-28(34)31(32,3)37/h9-10,12-15,19,28,35-37H,4-8,11,16-18,20-21H2,1-3H3. The number of fused-ring (bicyclic) bond motifs is 5. The van der Waals surface area contributed by atoms with E-state index in [1.165, 1.54) is 32.1 Å². The number of para-hydroxylation sites is 1. The molecule has 3 N–H and O–H groups in total. The molecule has 3 unspecified atom stereocenters. The van der Waals surface area contributed by atoms with Gasteiger partial charge in [-0.2, -0.15) is 0 Å². The van der Waals surface area contributed by atoms with Gasteiger partial charge >= 0.3 is 0 Å². The van der Waals surface area contributed by atoms with Crippen LogP contribution < -0.4 is 0 Å². The van der Waals surface area contributed by atoms with Gasteiger partial charge in [0.05, 0.1) is 11.1 Å². The van der Waals surface area contributed by atoms with E-state index >= 15 is 0 Å². The third-order valence-electron chi connectivity index (χ3n) is 9.31. The largest absolute Gasteiger partial charge is 0.504 e. The number of aromatic hydroxyl groups is 2. The average molecular weight is 503 g/mol. The highest BCUT2D eigenvalue weighted by Gasteiger charge is 2.61. The number of nitrogens with zero attached hydrogens (tertiary/aromatic N) is 2. The number of rotatable bonds is 9. The molecule has 2 bridgehead atoms. The van der Waals surface area contributed by atoms with Crippen molar-refractivity contribution in [3.63, 3.8) is 0 Å². The summed E-state index contributed by atoms with van der Waals surface area (Å²) in [7, 11) is 0. The van der Waals surface area contributed by atoms with Crippen LogP contribution in [0.4, 0.5) is 0 Å². The van der Waals surface area contributed by atoms with Gasteiger partial charge in [-0.05, 0) is 75.5 Å². The van der Waals surface area contributed by atoms with Gasteiger partial charge in [-0.25, -0.2) is 0 Å². The molecule has 5 nitrogen and oxygen atoms in total. The number of aryl methyl sites for hydroxylation is 1. The summed E-state index contributed by atoms with van der Waals surface area (Å²) in [6, 6.07) is 13.8. The van der Waals surface area contributed by atoms with Gasteiger partial charge in [0.25, 0.3) is 0 Å². The summed E-state index contributed by atoms with van der Waals surface area (Å²) in [5, 5.41) is 35.2. The molecular weight excluding hydrogens is 460 g/mol. The molecule has 0 amide bonds. The Morgan fingerprint density at radius 3 is 2.59 bits per heavy atom. The summed E-state index contributed by atoms with van der Waals surface area (Å²) in [6.45, 7) is 8.12. The van der Waals surface area contributed by atoms with Crippen LogP contribution in [0.1, 0.15) is 81.2 Å². The van der Waals surface area contributed by atoms with Gasteiger partial charge in [0.2, 0.25) is 0 Å². The van der Waals surface area contributed by atoms with E-state index in [-0.39, 0.29) is 17.5 Å². The van der Waals surface area contributed by atoms with Crippen molar-refractivity contribution >= 4 is 10.9 Å². The Bertz CT molecular complexity index is 1270. The third kappa shape index (κ3) is 4.51. The van der Waals surface area contributed by atoms with Crippen molar-refractivity contribution in [3.8, 4) is 11.5 Å². The van der Waals surface area contributed by atoms with E-state index < -0.39 is 11.0 Å². The van der Waals surface area contributed by atoms with Crippen molar-refractivity contribution in [1.82, 2.24) is 9.88 Å². The minimum Gasteiger partial charge on any atom is -0.504 e. The summed E-state index contributed by atoms with van der Waals surface area (Å²) in [5.74, 6) is -0.205. The van der Waals surface area contributed by atoms with Crippen LogP contribution >= 0.6 is 0 Å². The van der Waals surface area contributed by atoms with Crippen LogP contribution in [-0.2, 0) is 18.3 Å². The number of aromatic nitrogens is 1. The van der Waals surface area contributed by atoms with Crippen LogP contribution in [-0.4, -0.2) is 49.9 Å². The van der Waals surface area contributed by atoms with E-state index in [4.69, 9.17) is 4.98 Å². The fourth-order valence-corrected chi connectivity index (χ4v) is 7.10. The quantitative estimate of drug-likeness (QED) is 0.241. The molecule has 2 aromatic carbocycles. The monoisotopic (exact) mass is 502 g/mol. The first-order valence-corrected chi connectivity index (χ1v) is 14.1. The van der Waals surface area contributed by atoms with Gasteiger partial charge in [-0.1, -0.05) is 63.3 Å². The Morgan fingerprint density at radius 1 is 1.03 bits per heavy atom. The predicted octanol–water partition coefficient (Wildman–Crippen LogP) is 6.18. The first-order valence-electron chi connectivity index (χ1n) is 14.1. The van der Waals surface area contributed by atoms with Crippen LogP contribution in [0.15, 0.2) is 42.5 Å². The Morgan fingerprint density at radius 2 is 1.78 bits per heavy atom. The van der Waals surface area contributed by atoms with Crippen molar-refractivity contribution < 1.29 is 15.3 Å². The molecule has 2 aliphatic rings. The van der Waals surface area contributed by atoms with E-state index in [0.29, 0.717) is 24.8 Å². The highest BCUT2D eigenvalue weighted by Crippen LogP contribution is 2.57. The molecule has 3 aromatic rings. The van der Waals surface area contributed by atoms with Gasteiger partial charge in [0, 0.05) is 34.5 Å². The average Bonchev–Trinajstić information content (AvgIpc) is 2.86. The first-order chi connectivity index (χ1) is 17.8. The van der Waals surface area contributed by atoms with Gasteiger partial charge in [-0.15, -0.1) is 0 Å². The number of benzene rings is 2. The van der Waals surface area contributed by atoms with Crippen molar-refractivity contribution in [2.24, 2.45) is 0 Å². The highest BCUT2D eigenvalue weighted by atomic mass is 16.3. The molecule has 1 aromatic heterocycles. The lowest BCUT2D eigenvalue weighted by Crippen LogP contribution is -2.71. The molecule has 5 heteroatoms. The van der Waals surface area contributed by atoms with Gasteiger partial charge in [0.15, 0.2) is 11.5 Å². The zero-order valence-electron chi connectivity index (χ0n) is 22.6. The molecule has 37 heavy (non-hydrogen) atoms. The molecule has 0 saturated carbocycles. The smallest absolute Gasteiger partial charge is 0.161 e. The lowest BCUT2D eigenvalue weighted by molar-refractivity contribution is -0.135. The molecule has 1 fully saturated rings. The maximum atomic E-state index is 12.4. The maximum absolute atomic E-state index is 12.4. The number of pyridine rings is 1. The fourth-order valence-electron chi connectivity index (χ4n) is 7.10. The fraction of sp³-hybridized carbons (Fsp3) is 0.531. The normalized spacial score (nSPS) is 25.4. The summed E-state index contributed by atoms with van der Waals surface area (Å²) in [5.41, 5.74) is 2.87. The third-order valence-corrected chi connectivity index (χ3v) is 9.31. The Labute approximate surface area is 221 Å². The molecule has 1 saturated heterocycles. The number of aliphatic hydroxyl groups is 1. The topological polar surface area (TPSA) is 76.8 Å². The minimum absolute atomic E-state index is 0.0471. The SMILES string of the molecule is CCCCCCCCN1CCC2(Cc3nc4ccccc4cc3C)c3c(ccc(O)c3O)CC1C2(C)O. The van der Waals surface area contributed by atoms with Gasteiger partial charge in [-0.3, -0.25) is 9.88 Å². The summed E-state index contributed by atoms with van der Waals surface area (Å²) >= 11 is 0. The molecule has 198 valence electrons. The van der Waals surface area contributed by atoms with E-state index in [2.05, 4.69) is 30.9 Å². The Hall–Kier alpha value is -2.63. The highest BCUT2D eigenvalue weighted by molar-refractivity contribution is 5.79. The molecule has 1 aliphatic carbocycles. The number of unbranched alkanes of at least 4 members (excludes halogenated alkanes) is 5. The molecule has 1 aliphatic heterocycles. The van der Waals surface area contributed by atoms with Crippen LogP contribution in [0.2, 0.25) is 0 Å². The van der Waals surface area contributed by atoms with Crippen LogP contribution in [0, 0.1) is 6.92 Å². The van der Waals surface area contributed by atoms with E-state index in [9.17, 15) is 15.3 Å². The van der Waals surface area contributed by atoms with Crippen LogP contribution in [0.3, 0.4) is 0 Å². The molecule has 5 rings (SSSR count). The second-order valence-electron chi connectivity index (χ2n) is 11.6. The molecule has 3 atom stereocenters. The summed E-state index contributed by atoms with van der Waals surface area (Å²) in [4.78, 5) is 7.51. The number of piperidine rings is 1. The Balaban J connectivity index is 1.52. The molecular formula is C32H42N2O3. The van der Waals surface area contributed by atoms with Crippen molar-refractivity contribution in [3.05, 3.63) is 64.8 Å². The number of hydrogen-bond acceptors (Lipinski definition) is 5. The van der Waals surface area contributed by atoms with Crippen molar-refractivity contribution in [1.29, 1.82) is 0 Å². The summed E-state index contributed by atoms with van der Waals surface area (Å²) in [6.07, 6.45) is 9.38. The van der Waals surface area contributed by atoms with Gasteiger partial charge in [0.1, 0.15) is 0 Å². The minimum atomic E-state index is -1.09. The number of phenolic OH excluding ortho intramolecular Hbond substituents is 2. The number of phenols is 2. The van der Waals surface area contributed by atoms with E-state index in [1.807, 2.05) is 31.2 Å². The first kappa shape index (κ1) is 26.0. The summed E-state index contributed by atoms with van der Waals surface area (Å²) < 4.78 is 0. The molecule has 0 spiro atoms. The Kier molecular flexibility index (Phi) is 7.21. The predicted molar refractivity (Wildman–Crippen MR) is 149 cm³/mol. The lowest BCUT2D eigenvalue weighted by atomic mass is 9.53. The van der Waals surface area contributed by atoms with Crippen LogP contribution in [0.25, 0.3) is 10.9 Å². The number of likely N-dealkylation sites (tertiary alicyclic amines) is 1. The second-order valence-corrected chi connectivity index (χ2v) is 11.6. The zero-order chi connectivity index (χ0) is 26.2. The molecule has 0 radical (unpaired) electrons. The number of hydrogen-bond donors (Lipinski definition) is 3. The van der Waals surface area contributed by atoms with E-state index in [0.717, 1.165) is 47.2 Å². The van der Waals surface area contributed by atoms with Crippen molar-refractivity contribution in [2.75, 3.05) is 13.1 Å². The second kappa shape index (κ2) is 10.3. The molecule has 2 heterocycles.